The summed E-state index contributed by atoms with van der Waals surface area (Å²) in [6.45, 7) is 0. The summed E-state index contributed by atoms with van der Waals surface area (Å²) in [7, 11) is 0. The van der Waals surface area contributed by atoms with Gasteiger partial charge >= 0.3 is 6.18 Å². The summed E-state index contributed by atoms with van der Waals surface area (Å²) >= 11 is 0. The van der Waals surface area contributed by atoms with E-state index in [1.54, 1.807) is 30.7 Å². The van der Waals surface area contributed by atoms with E-state index < -0.39 is 48.8 Å². The van der Waals surface area contributed by atoms with Gasteiger partial charge in [-0.15, -0.1) is 0 Å². The number of nitrogens with one attached hydrogen (secondary N) is 2. The highest BCUT2D eigenvalue weighted by Gasteiger charge is 2.40. The number of fused-ring (bicyclic) bond motifs is 1. The number of amides is 2. The van der Waals surface area contributed by atoms with Gasteiger partial charge in [0.15, 0.2) is 5.65 Å². The molecule has 3 aliphatic carbocycles. The average molecular weight is 605 g/mol. The molecule has 0 aliphatic heterocycles. The van der Waals surface area contributed by atoms with Gasteiger partial charge in [-0.25, -0.2) is 18.3 Å². The molecule has 8 nitrogen and oxygen atoms in total. The van der Waals surface area contributed by atoms with Crippen LogP contribution in [-0.2, 0) is 4.79 Å². The van der Waals surface area contributed by atoms with Crippen molar-refractivity contribution in [3.8, 4) is 0 Å². The van der Waals surface area contributed by atoms with Crippen LogP contribution in [0.4, 0.5) is 22.0 Å². The van der Waals surface area contributed by atoms with Crippen molar-refractivity contribution in [3.05, 3.63) is 59.3 Å². The number of hydrogen-bond donors (Lipinski definition) is 2. The Hall–Kier alpha value is -3.64. The summed E-state index contributed by atoms with van der Waals surface area (Å²) in [5.74, 6) is -3.61. The van der Waals surface area contributed by atoms with Crippen LogP contribution < -0.4 is 10.6 Å². The molecule has 13 heteroatoms. The van der Waals surface area contributed by atoms with Crippen LogP contribution in [0.5, 0.6) is 0 Å². The maximum Gasteiger partial charge on any atom is 0.389 e. The lowest BCUT2D eigenvalue weighted by atomic mass is 9.81. The Morgan fingerprint density at radius 3 is 2.40 bits per heavy atom. The van der Waals surface area contributed by atoms with Crippen LogP contribution in [0.1, 0.15) is 110 Å². The maximum absolute atomic E-state index is 14.0. The van der Waals surface area contributed by atoms with Gasteiger partial charge in [-0.3, -0.25) is 14.6 Å². The third kappa shape index (κ3) is 7.30. The minimum absolute atomic E-state index is 0.0864. The fourth-order valence-electron chi connectivity index (χ4n) is 5.92. The number of carbonyl (C=O) groups excluding carboxylic acids is 2. The van der Waals surface area contributed by atoms with E-state index in [0.717, 1.165) is 31.2 Å². The fourth-order valence-corrected chi connectivity index (χ4v) is 5.92. The molecule has 0 spiro atoms. The Morgan fingerprint density at radius 2 is 1.72 bits per heavy atom. The van der Waals surface area contributed by atoms with E-state index in [0.29, 0.717) is 22.8 Å². The summed E-state index contributed by atoms with van der Waals surface area (Å²) in [6.07, 6.45) is 2.15. The smallest absolute Gasteiger partial charge is 0.349 e. The van der Waals surface area contributed by atoms with Crippen LogP contribution in [0.25, 0.3) is 5.65 Å². The second-order valence-corrected chi connectivity index (χ2v) is 12.1. The van der Waals surface area contributed by atoms with Crippen molar-refractivity contribution in [1.82, 2.24) is 30.2 Å². The molecule has 3 heterocycles. The van der Waals surface area contributed by atoms with Crippen LogP contribution in [0.3, 0.4) is 0 Å². The van der Waals surface area contributed by atoms with E-state index >= 15 is 0 Å². The van der Waals surface area contributed by atoms with E-state index in [2.05, 4.69) is 20.7 Å². The molecule has 3 aromatic rings. The third-order valence-electron chi connectivity index (χ3n) is 8.67. The van der Waals surface area contributed by atoms with Gasteiger partial charge in [-0.05, 0) is 85.6 Å². The standard InChI is InChI=1S/C30H33F5N6O2/c31-29(32)9-5-19(6-10-29)27(40-28(43)22-13-20(8-12-36-22)17-1-2-17)23-16-41-24(38-23)14-21(15-37-41)26(18-3-4-18)39-25(42)7-11-30(33,34)35/h8,12-19,26-27H,1-7,9-11H2,(H,39,42)(H,40,43)/t26?,27-/m0/s1. The number of nitrogens with zero attached hydrogens (tertiary/aromatic N) is 4. The van der Waals surface area contributed by atoms with Crippen molar-refractivity contribution in [2.75, 3.05) is 0 Å². The molecule has 2 atom stereocenters. The number of alkyl halides is 5. The summed E-state index contributed by atoms with van der Waals surface area (Å²) in [4.78, 5) is 34.6. The molecule has 0 saturated heterocycles. The summed E-state index contributed by atoms with van der Waals surface area (Å²) in [5, 5.41) is 10.2. The first-order chi connectivity index (χ1) is 20.4. The largest absolute Gasteiger partial charge is 0.389 e. The minimum Gasteiger partial charge on any atom is -0.349 e. The SMILES string of the molecule is O=C(CCC(F)(F)F)NC(c1cnn2cc([C@@H](NC(=O)c3cc(C4CC4)ccn3)C3CCC(F)(F)CC3)nc2c1)C1CC1. The number of halogens is 5. The number of pyridine rings is 1. The van der Waals surface area contributed by atoms with Gasteiger partial charge in [0.1, 0.15) is 5.69 Å². The first-order valence-electron chi connectivity index (χ1n) is 14.8. The van der Waals surface area contributed by atoms with Gasteiger partial charge in [0.2, 0.25) is 11.8 Å². The Morgan fingerprint density at radius 1 is 1.00 bits per heavy atom. The van der Waals surface area contributed by atoms with E-state index in [1.165, 1.54) is 4.52 Å². The molecule has 2 amide bonds. The Labute approximate surface area is 244 Å². The van der Waals surface area contributed by atoms with E-state index in [4.69, 9.17) is 4.98 Å². The molecule has 0 bridgehead atoms. The number of carbonyl (C=O) groups is 2. The summed E-state index contributed by atoms with van der Waals surface area (Å²) in [6, 6.07) is 4.23. The topological polar surface area (TPSA) is 101 Å². The van der Waals surface area contributed by atoms with E-state index in [-0.39, 0.29) is 43.2 Å². The van der Waals surface area contributed by atoms with Gasteiger partial charge < -0.3 is 10.6 Å². The van der Waals surface area contributed by atoms with E-state index in [1.807, 2.05) is 6.07 Å². The molecule has 1 unspecified atom stereocenters. The van der Waals surface area contributed by atoms with Gasteiger partial charge in [-0.1, -0.05) is 0 Å². The lowest BCUT2D eigenvalue weighted by Gasteiger charge is -2.33. The van der Waals surface area contributed by atoms with Gasteiger partial charge in [-0.2, -0.15) is 18.3 Å². The lowest BCUT2D eigenvalue weighted by molar-refractivity contribution is -0.144. The van der Waals surface area contributed by atoms with Crippen LogP contribution >= 0.6 is 0 Å². The molecule has 3 saturated carbocycles. The molecule has 6 rings (SSSR count). The molecule has 43 heavy (non-hydrogen) atoms. The number of imidazole rings is 1. The molecule has 3 aliphatic rings. The second-order valence-electron chi connectivity index (χ2n) is 12.1. The van der Waals surface area contributed by atoms with Crippen molar-refractivity contribution < 1.29 is 31.5 Å². The van der Waals surface area contributed by atoms with Gasteiger partial charge in [0, 0.05) is 25.5 Å². The molecule has 2 N–H and O–H groups in total. The first-order valence-corrected chi connectivity index (χ1v) is 14.8. The Kier molecular flexibility index (Phi) is 7.84. The van der Waals surface area contributed by atoms with Gasteiger partial charge in [0.05, 0.1) is 36.6 Å². The molecule has 3 aromatic heterocycles. The highest BCUT2D eigenvalue weighted by Crippen LogP contribution is 2.43. The monoisotopic (exact) mass is 604 g/mol. The Bertz CT molecular complexity index is 1490. The van der Waals surface area contributed by atoms with Crippen LogP contribution in [0.2, 0.25) is 0 Å². The molecule has 230 valence electrons. The molecule has 0 radical (unpaired) electrons. The maximum atomic E-state index is 14.0. The molecular weight excluding hydrogens is 571 g/mol. The predicted octanol–water partition coefficient (Wildman–Crippen LogP) is 6.21. The second kappa shape index (κ2) is 11.5. The van der Waals surface area contributed by atoms with Crippen LogP contribution in [0, 0.1) is 11.8 Å². The zero-order valence-electron chi connectivity index (χ0n) is 23.4. The Balaban J connectivity index is 1.24. The van der Waals surface area contributed by atoms with Crippen molar-refractivity contribution >= 4 is 17.5 Å². The quantitative estimate of drug-likeness (QED) is 0.268. The normalized spacial score (nSPS) is 20.5. The van der Waals surface area contributed by atoms with Crippen molar-refractivity contribution in [2.24, 2.45) is 11.8 Å². The van der Waals surface area contributed by atoms with Crippen molar-refractivity contribution in [1.29, 1.82) is 0 Å². The van der Waals surface area contributed by atoms with E-state index in [9.17, 15) is 31.5 Å². The zero-order chi connectivity index (χ0) is 30.4. The molecular formula is C30H33F5N6O2. The zero-order valence-corrected chi connectivity index (χ0v) is 23.4. The minimum atomic E-state index is -4.42. The third-order valence-corrected chi connectivity index (χ3v) is 8.67. The average Bonchev–Trinajstić information content (AvgIpc) is 3.90. The summed E-state index contributed by atoms with van der Waals surface area (Å²) in [5.41, 5.74) is 2.80. The lowest BCUT2D eigenvalue weighted by Crippen LogP contribution is -2.37. The highest BCUT2D eigenvalue weighted by atomic mass is 19.4. The highest BCUT2D eigenvalue weighted by molar-refractivity contribution is 5.92. The first kappa shape index (κ1) is 29.4. The van der Waals surface area contributed by atoms with Crippen LogP contribution in [-0.4, -0.2) is 43.5 Å². The number of aromatic nitrogens is 4. The molecule has 0 aromatic carbocycles. The van der Waals surface area contributed by atoms with Crippen molar-refractivity contribution in [2.45, 2.75) is 94.3 Å². The number of rotatable bonds is 10. The van der Waals surface area contributed by atoms with Gasteiger partial charge in [0.25, 0.3) is 5.91 Å². The molecule has 3 fully saturated rings. The number of hydrogen-bond acceptors (Lipinski definition) is 5. The van der Waals surface area contributed by atoms with Crippen molar-refractivity contribution in [3.63, 3.8) is 0 Å². The predicted molar refractivity (Wildman–Crippen MR) is 145 cm³/mol. The van der Waals surface area contributed by atoms with Crippen LogP contribution in [0.15, 0.2) is 36.8 Å². The fraction of sp³-hybridized carbons (Fsp3) is 0.567. The summed E-state index contributed by atoms with van der Waals surface area (Å²) < 4.78 is 67.5.